The van der Waals surface area contributed by atoms with Gasteiger partial charge >= 0.3 is 0 Å². The zero-order valence-corrected chi connectivity index (χ0v) is 14.6. The molecule has 0 saturated heterocycles. The number of rotatable bonds is 8. The van der Waals surface area contributed by atoms with Crippen molar-refractivity contribution in [3.63, 3.8) is 0 Å². The lowest BCUT2D eigenvalue weighted by Crippen LogP contribution is -2.37. The molecule has 0 fully saturated rings. The van der Waals surface area contributed by atoms with E-state index >= 15 is 0 Å². The smallest absolute Gasteiger partial charge is 0.233 e. The van der Waals surface area contributed by atoms with Crippen molar-refractivity contribution in [2.45, 2.75) is 69.8 Å². The molecule has 0 saturated carbocycles. The van der Waals surface area contributed by atoms with Crippen molar-refractivity contribution in [3.05, 3.63) is 29.8 Å². The minimum Gasteiger partial charge on any atom is -0.353 e. The second-order valence-corrected chi connectivity index (χ2v) is 7.18. The molecule has 0 bridgehead atoms. The van der Waals surface area contributed by atoms with Crippen molar-refractivity contribution in [1.82, 2.24) is 10.6 Å². The number of nitrogens with one attached hydrogen (secondary N) is 2. The summed E-state index contributed by atoms with van der Waals surface area (Å²) in [6, 6.07) is 9.11. The first-order chi connectivity index (χ1) is 9.92. The SMILES string of the molecule is CCC(C)NC(=O)C(C)Sc1cccc(CNC(C)C)c1. The Bertz CT molecular complexity index is 448. The Morgan fingerprint density at radius 2 is 1.95 bits per heavy atom. The van der Waals surface area contributed by atoms with E-state index < -0.39 is 0 Å². The molecule has 0 aliphatic heterocycles. The van der Waals surface area contributed by atoms with Crippen LogP contribution in [0.15, 0.2) is 29.2 Å². The largest absolute Gasteiger partial charge is 0.353 e. The van der Waals surface area contributed by atoms with Gasteiger partial charge in [0.15, 0.2) is 0 Å². The van der Waals surface area contributed by atoms with E-state index in [4.69, 9.17) is 0 Å². The van der Waals surface area contributed by atoms with Crippen molar-refractivity contribution in [2.75, 3.05) is 0 Å². The van der Waals surface area contributed by atoms with E-state index in [2.05, 4.69) is 55.7 Å². The molecule has 118 valence electrons. The first-order valence-corrected chi connectivity index (χ1v) is 8.59. The van der Waals surface area contributed by atoms with Crippen molar-refractivity contribution < 1.29 is 4.79 Å². The van der Waals surface area contributed by atoms with Gasteiger partial charge in [0.1, 0.15) is 0 Å². The van der Waals surface area contributed by atoms with Gasteiger partial charge in [0.05, 0.1) is 5.25 Å². The molecule has 0 aliphatic rings. The van der Waals surface area contributed by atoms with E-state index in [0.717, 1.165) is 17.9 Å². The fourth-order valence-corrected chi connectivity index (χ4v) is 2.73. The fraction of sp³-hybridized carbons (Fsp3) is 0.588. The quantitative estimate of drug-likeness (QED) is 0.721. The second-order valence-electron chi connectivity index (χ2n) is 5.76. The highest BCUT2D eigenvalue weighted by molar-refractivity contribution is 8.00. The van der Waals surface area contributed by atoms with Gasteiger partial charge in [-0.05, 0) is 38.0 Å². The highest BCUT2D eigenvalue weighted by atomic mass is 32.2. The molecule has 0 aliphatic carbocycles. The van der Waals surface area contributed by atoms with Gasteiger partial charge < -0.3 is 10.6 Å². The predicted octanol–water partition coefficient (Wildman–Crippen LogP) is 3.58. The van der Waals surface area contributed by atoms with Gasteiger partial charge in [-0.15, -0.1) is 11.8 Å². The molecule has 1 aromatic carbocycles. The Kier molecular flexibility index (Phi) is 7.83. The standard InChI is InChI=1S/C17H28N2OS/c1-6-13(4)19-17(20)14(5)21-16-9-7-8-15(10-16)11-18-12(2)3/h7-10,12-14,18H,6,11H2,1-5H3,(H,19,20). The maximum atomic E-state index is 12.1. The number of thioether (sulfide) groups is 1. The van der Waals surface area contributed by atoms with Gasteiger partial charge in [0, 0.05) is 23.5 Å². The Balaban J connectivity index is 2.57. The highest BCUT2D eigenvalue weighted by Gasteiger charge is 2.15. The van der Waals surface area contributed by atoms with Crippen LogP contribution in [0.4, 0.5) is 0 Å². The molecule has 0 aromatic heterocycles. The van der Waals surface area contributed by atoms with Gasteiger partial charge in [-0.2, -0.15) is 0 Å². The lowest BCUT2D eigenvalue weighted by Gasteiger charge is -2.16. The summed E-state index contributed by atoms with van der Waals surface area (Å²) in [4.78, 5) is 13.2. The maximum absolute atomic E-state index is 12.1. The maximum Gasteiger partial charge on any atom is 0.233 e. The molecule has 0 spiro atoms. The Morgan fingerprint density at radius 3 is 2.57 bits per heavy atom. The zero-order chi connectivity index (χ0) is 15.8. The highest BCUT2D eigenvalue weighted by Crippen LogP contribution is 2.24. The number of benzene rings is 1. The van der Waals surface area contributed by atoms with Crippen molar-refractivity contribution >= 4 is 17.7 Å². The number of carbonyl (C=O) groups excluding carboxylic acids is 1. The summed E-state index contributed by atoms with van der Waals surface area (Å²) in [7, 11) is 0. The van der Waals surface area contributed by atoms with Crippen LogP contribution in [0.25, 0.3) is 0 Å². The van der Waals surface area contributed by atoms with Crippen molar-refractivity contribution in [1.29, 1.82) is 0 Å². The Hall–Kier alpha value is -1.00. The molecule has 2 atom stereocenters. The van der Waals surface area contributed by atoms with Gasteiger partial charge in [-0.3, -0.25) is 4.79 Å². The lowest BCUT2D eigenvalue weighted by molar-refractivity contribution is -0.120. The van der Waals surface area contributed by atoms with Crippen molar-refractivity contribution in [2.24, 2.45) is 0 Å². The molecular weight excluding hydrogens is 280 g/mol. The van der Waals surface area contributed by atoms with Crippen molar-refractivity contribution in [3.8, 4) is 0 Å². The fourth-order valence-electron chi connectivity index (χ4n) is 1.77. The third-order valence-corrected chi connectivity index (χ3v) is 4.39. The zero-order valence-electron chi connectivity index (χ0n) is 13.8. The number of carbonyl (C=O) groups is 1. The average Bonchev–Trinajstić information content (AvgIpc) is 2.45. The minimum atomic E-state index is -0.0766. The number of hydrogen-bond acceptors (Lipinski definition) is 3. The van der Waals surface area contributed by atoms with E-state index in [1.165, 1.54) is 5.56 Å². The summed E-state index contributed by atoms with van der Waals surface area (Å²) < 4.78 is 0. The van der Waals surface area contributed by atoms with E-state index in [9.17, 15) is 4.79 Å². The molecule has 0 heterocycles. The van der Waals surface area contributed by atoms with Crippen LogP contribution in [-0.4, -0.2) is 23.2 Å². The van der Waals surface area contributed by atoms with E-state index in [-0.39, 0.29) is 17.2 Å². The van der Waals surface area contributed by atoms with Crippen LogP contribution in [0, 0.1) is 0 Å². The molecule has 1 amide bonds. The molecule has 0 radical (unpaired) electrons. The molecule has 4 heteroatoms. The molecule has 1 aromatic rings. The summed E-state index contributed by atoms with van der Waals surface area (Å²) in [5.74, 6) is 0.111. The monoisotopic (exact) mass is 308 g/mol. The van der Waals surface area contributed by atoms with Crippen LogP contribution in [0.5, 0.6) is 0 Å². The van der Waals surface area contributed by atoms with Gasteiger partial charge in [-0.25, -0.2) is 0 Å². The van der Waals surface area contributed by atoms with E-state index in [0.29, 0.717) is 6.04 Å². The summed E-state index contributed by atoms with van der Waals surface area (Å²) in [6.45, 7) is 11.2. The van der Waals surface area contributed by atoms with E-state index in [1.807, 2.05) is 13.8 Å². The second kappa shape index (κ2) is 9.11. The Morgan fingerprint density at radius 1 is 1.24 bits per heavy atom. The van der Waals surface area contributed by atoms with Gasteiger partial charge in [-0.1, -0.05) is 32.9 Å². The van der Waals surface area contributed by atoms with Gasteiger partial charge in [0.25, 0.3) is 0 Å². The molecule has 21 heavy (non-hydrogen) atoms. The third-order valence-electron chi connectivity index (χ3n) is 3.30. The van der Waals surface area contributed by atoms with Crippen LogP contribution in [-0.2, 0) is 11.3 Å². The molecule has 2 N–H and O–H groups in total. The normalized spacial score (nSPS) is 14.0. The van der Waals surface area contributed by atoms with Crippen LogP contribution >= 0.6 is 11.8 Å². The minimum absolute atomic E-state index is 0.0766. The topological polar surface area (TPSA) is 41.1 Å². The molecular formula is C17H28N2OS. The molecule has 1 rings (SSSR count). The number of amides is 1. The lowest BCUT2D eigenvalue weighted by atomic mass is 10.2. The summed E-state index contributed by atoms with van der Waals surface area (Å²) >= 11 is 1.61. The van der Waals surface area contributed by atoms with Crippen LogP contribution < -0.4 is 10.6 Å². The van der Waals surface area contributed by atoms with E-state index in [1.54, 1.807) is 11.8 Å². The van der Waals surface area contributed by atoms with Crippen LogP contribution in [0.3, 0.4) is 0 Å². The Labute approximate surface area is 133 Å². The first kappa shape index (κ1) is 18.1. The molecule has 2 unspecified atom stereocenters. The van der Waals surface area contributed by atoms with Crippen LogP contribution in [0.2, 0.25) is 0 Å². The summed E-state index contributed by atoms with van der Waals surface area (Å²) in [5, 5.41) is 6.37. The first-order valence-electron chi connectivity index (χ1n) is 7.71. The molecule has 3 nitrogen and oxygen atoms in total. The van der Waals surface area contributed by atoms with Crippen LogP contribution in [0.1, 0.15) is 46.6 Å². The summed E-state index contributed by atoms with van der Waals surface area (Å²) in [6.07, 6.45) is 0.958. The number of hydrogen-bond donors (Lipinski definition) is 2. The average molecular weight is 308 g/mol. The van der Waals surface area contributed by atoms with Gasteiger partial charge in [0.2, 0.25) is 5.91 Å². The third kappa shape index (κ3) is 7.00. The predicted molar refractivity (Wildman–Crippen MR) is 91.6 cm³/mol. The summed E-state index contributed by atoms with van der Waals surface area (Å²) in [5.41, 5.74) is 1.25.